The number of furan rings is 1. The molecule has 9 rings (SSSR count). The van der Waals surface area contributed by atoms with Crippen molar-refractivity contribution in [1.82, 2.24) is 9.97 Å². The molecule has 0 amide bonds. The predicted molar refractivity (Wildman–Crippen MR) is 199 cm³/mol. The van der Waals surface area contributed by atoms with Crippen molar-refractivity contribution in [1.29, 1.82) is 5.26 Å². The van der Waals surface area contributed by atoms with E-state index in [1.165, 1.54) is 0 Å². The molecule has 9 aromatic rings. The van der Waals surface area contributed by atoms with Gasteiger partial charge in [0.25, 0.3) is 0 Å². The number of nitrogens with zero attached hydrogens (tertiary/aromatic N) is 3. The third-order valence-corrected chi connectivity index (χ3v) is 9.16. The first kappa shape index (κ1) is 28.4. The third kappa shape index (κ3) is 5.02. The number of hydrogen-bond acceptors (Lipinski definition) is 4. The summed E-state index contributed by atoms with van der Waals surface area (Å²) in [5.41, 5.74) is 11.4. The lowest BCUT2D eigenvalue weighted by Gasteiger charge is -2.11. The summed E-state index contributed by atoms with van der Waals surface area (Å²) in [6.07, 6.45) is 0. The Labute approximate surface area is 283 Å². The SMILES string of the molecule is N#Cc1cccc2oc3c4ccccc4c(-c4ccc(-c5ccc(-c6cc(-c7ccccc7)nc(-c7ccccc7)n6)cc5)cc4)cc3c12. The molecular formula is C45H27N3O. The van der Waals surface area contributed by atoms with E-state index in [4.69, 9.17) is 14.4 Å². The Bertz CT molecular complexity index is 2630. The number of nitriles is 1. The lowest BCUT2D eigenvalue weighted by Crippen LogP contribution is -1.95. The summed E-state index contributed by atoms with van der Waals surface area (Å²) in [6.45, 7) is 0. The van der Waals surface area contributed by atoms with Crippen molar-refractivity contribution in [3.63, 3.8) is 0 Å². The van der Waals surface area contributed by atoms with Gasteiger partial charge in [0.2, 0.25) is 0 Å². The monoisotopic (exact) mass is 625 g/mol. The molecule has 49 heavy (non-hydrogen) atoms. The molecule has 0 radical (unpaired) electrons. The fourth-order valence-corrected chi connectivity index (χ4v) is 6.72. The molecule has 0 saturated heterocycles. The molecule has 0 atom stereocenters. The average molecular weight is 626 g/mol. The van der Waals surface area contributed by atoms with E-state index in [2.05, 4.69) is 97.1 Å². The molecule has 0 bridgehead atoms. The Morgan fingerprint density at radius 3 is 1.65 bits per heavy atom. The van der Waals surface area contributed by atoms with Gasteiger partial charge in [0, 0.05) is 32.8 Å². The largest absolute Gasteiger partial charge is 0.455 e. The topological polar surface area (TPSA) is 62.7 Å². The summed E-state index contributed by atoms with van der Waals surface area (Å²) >= 11 is 0. The highest BCUT2D eigenvalue weighted by Crippen LogP contribution is 2.41. The van der Waals surface area contributed by atoms with E-state index in [1.54, 1.807) is 0 Å². The standard InChI is InChI=1S/C45H27N3O/c46-28-35-14-9-17-42-43(35)39-26-38(36-15-7-8-16-37(36)44(39)49-42)31-22-18-29(19-23-31)30-20-24-33(25-21-30)41-27-40(32-10-3-1-4-11-32)47-45(48-41)34-12-5-2-6-13-34/h1-27H. The smallest absolute Gasteiger partial charge is 0.160 e. The molecule has 0 aliphatic heterocycles. The van der Waals surface area contributed by atoms with Gasteiger partial charge in [-0.05, 0) is 51.9 Å². The molecule has 4 heteroatoms. The van der Waals surface area contributed by atoms with Gasteiger partial charge in [-0.15, -0.1) is 0 Å². The number of rotatable bonds is 5. The van der Waals surface area contributed by atoms with E-state index in [-0.39, 0.29) is 0 Å². The van der Waals surface area contributed by atoms with E-state index in [1.807, 2.05) is 72.8 Å². The van der Waals surface area contributed by atoms with Crippen molar-refractivity contribution in [2.45, 2.75) is 0 Å². The lowest BCUT2D eigenvalue weighted by atomic mass is 9.93. The third-order valence-electron chi connectivity index (χ3n) is 9.16. The van der Waals surface area contributed by atoms with Crippen LogP contribution in [-0.4, -0.2) is 9.97 Å². The van der Waals surface area contributed by atoms with Gasteiger partial charge in [0.05, 0.1) is 23.0 Å². The molecule has 0 aliphatic carbocycles. The molecule has 2 heterocycles. The fourth-order valence-electron chi connectivity index (χ4n) is 6.72. The molecule has 0 N–H and O–H groups in total. The molecule has 0 fully saturated rings. The van der Waals surface area contributed by atoms with E-state index >= 15 is 0 Å². The molecule has 4 nitrogen and oxygen atoms in total. The number of hydrogen-bond donors (Lipinski definition) is 0. The highest BCUT2D eigenvalue weighted by molar-refractivity contribution is 6.20. The van der Waals surface area contributed by atoms with Crippen LogP contribution >= 0.6 is 0 Å². The molecular weight excluding hydrogens is 599 g/mol. The Hall–Kier alpha value is -6.83. The first-order valence-corrected chi connectivity index (χ1v) is 16.2. The second-order valence-electron chi connectivity index (χ2n) is 12.1. The zero-order valence-electron chi connectivity index (χ0n) is 26.3. The van der Waals surface area contributed by atoms with Crippen LogP contribution in [-0.2, 0) is 0 Å². The minimum Gasteiger partial charge on any atom is -0.455 e. The van der Waals surface area contributed by atoms with Gasteiger partial charge in [0.1, 0.15) is 11.2 Å². The average Bonchev–Trinajstić information content (AvgIpc) is 3.57. The Kier molecular flexibility index (Phi) is 6.81. The molecule has 0 unspecified atom stereocenters. The highest BCUT2D eigenvalue weighted by atomic mass is 16.3. The highest BCUT2D eigenvalue weighted by Gasteiger charge is 2.17. The van der Waals surface area contributed by atoms with Crippen molar-refractivity contribution in [3.05, 3.63) is 169 Å². The quantitative estimate of drug-likeness (QED) is 0.191. The van der Waals surface area contributed by atoms with Crippen LogP contribution in [0.5, 0.6) is 0 Å². The van der Waals surface area contributed by atoms with E-state index < -0.39 is 0 Å². The predicted octanol–water partition coefficient (Wildman–Crippen LogP) is 11.7. The van der Waals surface area contributed by atoms with Gasteiger partial charge in [-0.2, -0.15) is 5.26 Å². The molecule has 2 aromatic heterocycles. The van der Waals surface area contributed by atoms with Crippen LogP contribution in [0.15, 0.2) is 168 Å². The molecule has 7 aromatic carbocycles. The maximum atomic E-state index is 9.85. The van der Waals surface area contributed by atoms with E-state index in [0.29, 0.717) is 11.4 Å². The van der Waals surface area contributed by atoms with Crippen LogP contribution in [0, 0.1) is 11.3 Å². The van der Waals surface area contributed by atoms with Crippen LogP contribution in [0.1, 0.15) is 5.56 Å². The van der Waals surface area contributed by atoms with Crippen LogP contribution in [0.25, 0.3) is 88.9 Å². The molecule has 228 valence electrons. The normalized spacial score (nSPS) is 11.2. The van der Waals surface area contributed by atoms with Gasteiger partial charge in [-0.25, -0.2) is 9.97 Å². The first-order chi connectivity index (χ1) is 24.2. The number of fused-ring (bicyclic) bond motifs is 5. The Balaban J connectivity index is 1.08. The van der Waals surface area contributed by atoms with E-state index in [0.717, 1.165) is 83.0 Å². The lowest BCUT2D eigenvalue weighted by molar-refractivity contribution is 0.672. The van der Waals surface area contributed by atoms with Crippen molar-refractivity contribution in [3.8, 4) is 62.2 Å². The van der Waals surface area contributed by atoms with Crippen LogP contribution in [0.3, 0.4) is 0 Å². The minimum atomic E-state index is 0.617. The second-order valence-corrected chi connectivity index (χ2v) is 12.1. The summed E-state index contributed by atoms with van der Waals surface area (Å²) in [5, 5.41) is 13.8. The van der Waals surface area contributed by atoms with Gasteiger partial charge in [-0.3, -0.25) is 0 Å². The van der Waals surface area contributed by atoms with Gasteiger partial charge in [-0.1, -0.05) is 140 Å². The van der Waals surface area contributed by atoms with Crippen LogP contribution < -0.4 is 0 Å². The summed E-state index contributed by atoms with van der Waals surface area (Å²) in [6, 6.07) is 58.2. The Morgan fingerprint density at radius 2 is 1.00 bits per heavy atom. The molecule has 0 spiro atoms. The first-order valence-electron chi connectivity index (χ1n) is 16.2. The van der Waals surface area contributed by atoms with Gasteiger partial charge < -0.3 is 4.42 Å². The van der Waals surface area contributed by atoms with Crippen LogP contribution in [0.2, 0.25) is 0 Å². The summed E-state index contributed by atoms with van der Waals surface area (Å²) in [7, 11) is 0. The summed E-state index contributed by atoms with van der Waals surface area (Å²) in [5.74, 6) is 0.703. The van der Waals surface area contributed by atoms with Crippen molar-refractivity contribution >= 4 is 32.7 Å². The van der Waals surface area contributed by atoms with Gasteiger partial charge in [0.15, 0.2) is 5.82 Å². The maximum absolute atomic E-state index is 9.85. The number of aromatic nitrogens is 2. The van der Waals surface area contributed by atoms with Gasteiger partial charge >= 0.3 is 0 Å². The maximum Gasteiger partial charge on any atom is 0.160 e. The zero-order valence-corrected chi connectivity index (χ0v) is 26.3. The second kappa shape index (κ2) is 11.8. The van der Waals surface area contributed by atoms with Crippen molar-refractivity contribution < 1.29 is 4.42 Å². The van der Waals surface area contributed by atoms with E-state index in [9.17, 15) is 5.26 Å². The summed E-state index contributed by atoms with van der Waals surface area (Å²) < 4.78 is 6.32. The minimum absolute atomic E-state index is 0.617. The zero-order chi connectivity index (χ0) is 32.7. The molecule has 0 aliphatic rings. The van der Waals surface area contributed by atoms with Crippen molar-refractivity contribution in [2.75, 3.05) is 0 Å². The Morgan fingerprint density at radius 1 is 0.449 bits per heavy atom. The fraction of sp³-hybridized carbons (Fsp3) is 0. The van der Waals surface area contributed by atoms with Crippen LogP contribution in [0.4, 0.5) is 0 Å². The summed E-state index contributed by atoms with van der Waals surface area (Å²) in [4.78, 5) is 9.91. The number of benzene rings is 7. The van der Waals surface area contributed by atoms with Crippen molar-refractivity contribution in [2.24, 2.45) is 0 Å². The molecule has 0 saturated carbocycles.